The fourth-order valence-corrected chi connectivity index (χ4v) is 2.65. The number of ether oxygens (including phenoxy) is 1. The third-order valence-corrected chi connectivity index (χ3v) is 3.86. The number of esters is 1. The number of amides is 2. The second-order valence-corrected chi connectivity index (χ2v) is 5.69. The van der Waals surface area contributed by atoms with Gasteiger partial charge in [0.2, 0.25) is 5.91 Å². The summed E-state index contributed by atoms with van der Waals surface area (Å²) >= 11 is 0. The first-order chi connectivity index (χ1) is 12.1. The van der Waals surface area contributed by atoms with Gasteiger partial charge in [0, 0.05) is 24.3 Å². The van der Waals surface area contributed by atoms with Crippen LogP contribution >= 0.6 is 0 Å². The molecule has 0 aromatic heterocycles. The van der Waals surface area contributed by atoms with Gasteiger partial charge in [0.1, 0.15) is 0 Å². The van der Waals surface area contributed by atoms with Gasteiger partial charge in [-0.3, -0.25) is 9.59 Å². The average Bonchev–Trinajstić information content (AvgIpc) is 3.06. The zero-order valence-electron chi connectivity index (χ0n) is 13.6. The van der Waals surface area contributed by atoms with Crippen LogP contribution in [0, 0.1) is 0 Å². The van der Waals surface area contributed by atoms with Gasteiger partial charge < -0.3 is 15.0 Å². The first kappa shape index (κ1) is 16.7. The van der Waals surface area contributed by atoms with Gasteiger partial charge in [0.15, 0.2) is 6.61 Å². The molecular weight excluding hydrogens is 320 g/mol. The molecule has 2 amide bonds. The Morgan fingerprint density at radius 3 is 2.60 bits per heavy atom. The van der Waals surface area contributed by atoms with Gasteiger partial charge in [-0.15, -0.1) is 0 Å². The van der Waals surface area contributed by atoms with Crippen molar-refractivity contribution >= 4 is 29.2 Å². The van der Waals surface area contributed by atoms with Crippen LogP contribution in [0.3, 0.4) is 0 Å². The molecule has 0 unspecified atom stereocenters. The number of hydrogen-bond donors (Lipinski definition) is 1. The van der Waals surface area contributed by atoms with E-state index in [0.717, 1.165) is 6.42 Å². The van der Waals surface area contributed by atoms with Crippen molar-refractivity contribution < 1.29 is 19.1 Å². The molecule has 2 aromatic rings. The molecule has 6 heteroatoms. The summed E-state index contributed by atoms with van der Waals surface area (Å²) in [6.45, 7) is 0.275. The molecule has 25 heavy (non-hydrogen) atoms. The largest absolute Gasteiger partial charge is 0.452 e. The number of hydrogen-bond acceptors (Lipinski definition) is 4. The molecular formula is C19H18N2O4. The highest BCUT2D eigenvalue weighted by molar-refractivity contribution is 5.98. The minimum Gasteiger partial charge on any atom is -0.452 e. The first-order valence-corrected chi connectivity index (χ1v) is 8.06. The summed E-state index contributed by atoms with van der Waals surface area (Å²) in [6.07, 6.45) is 1.33. The summed E-state index contributed by atoms with van der Waals surface area (Å²) in [5.74, 6) is -0.963. The quantitative estimate of drug-likeness (QED) is 0.850. The molecule has 0 spiro atoms. The maximum absolute atomic E-state index is 12.1. The number of anilines is 2. The Bertz CT molecular complexity index is 789. The highest BCUT2D eigenvalue weighted by Crippen LogP contribution is 2.22. The standard InChI is InChI=1S/C19H18N2O4/c22-17(20-15-7-2-1-3-8-15)13-25-19(24)14-6-4-9-16(12-14)21-11-5-10-18(21)23/h1-4,6-9,12H,5,10-11,13H2,(H,20,22). The molecule has 0 saturated carbocycles. The van der Waals surface area contributed by atoms with Crippen molar-refractivity contribution in [2.45, 2.75) is 12.8 Å². The van der Waals surface area contributed by atoms with E-state index in [0.29, 0.717) is 29.9 Å². The summed E-state index contributed by atoms with van der Waals surface area (Å²) in [6, 6.07) is 15.6. The van der Waals surface area contributed by atoms with Crippen molar-refractivity contribution in [1.29, 1.82) is 0 Å². The molecule has 1 aliphatic heterocycles. The van der Waals surface area contributed by atoms with Crippen molar-refractivity contribution in [3.63, 3.8) is 0 Å². The van der Waals surface area contributed by atoms with E-state index in [4.69, 9.17) is 4.74 Å². The Balaban J connectivity index is 1.58. The Kier molecular flexibility index (Phi) is 5.09. The number of carbonyl (C=O) groups is 3. The Hall–Kier alpha value is -3.15. The van der Waals surface area contributed by atoms with Crippen molar-refractivity contribution in [2.24, 2.45) is 0 Å². The van der Waals surface area contributed by atoms with E-state index in [9.17, 15) is 14.4 Å². The fraction of sp³-hybridized carbons (Fsp3) is 0.211. The van der Waals surface area contributed by atoms with Gasteiger partial charge in [0.25, 0.3) is 5.91 Å². The van der Waals surface area contributed by atoms with E-state index in [1.165, 1.54) is 0 Å². The second kappa shape index (κ2) is 7.61. The van der Waals surface area contributed by atoms with E-state index in [1.807, 2.05) is 6.07 Å². The molecule has 1 heterocycles. The molecule has 1 N–H and O–H groups in total. The van der Waals surface area contributed by atoms with Crippen LogP contribution in [-0.4, -0.2) is 30.9 Å². The highest BCUT2D eigenvalue weighted by Gasteiger charge is 2.22. The predicted molar refractivity (Wildman–Crippen MR) is 93.4 cm³/mol. The molecule has 6 nitrogen and oxygen atoms in total. The van der Waals surface area contributed by atoms with E-state index >= 15 is 0 Å². The molecule has 2 aromatic carbocycles. The lowest BCUT2D eigenvalue weighted by molar-refractivity contribution is -0.119. The van der Waals surface area contributed by atoms with Crippen LogP contribution in [-0.2, 0) is 14.3 Å². The monoisotopic (exact) mass is 338 g/mol. The summed E-state index contributed by atoms with van der Waals surface area (Å²) in [5.41, 5.74) is 1.62. The van der Waals surface area contributed by atoms with E-state index in [-0.39, 0.29) is 12.5 Å². The molecule has 1 saturated heterocycles. The molecule has 0 bridgehead atoms. The summed E-state index contributed by atoms with van der Waals surface area (Å²) in [7, 11) is 0. The lowest BCUT2D eigenvalue weighted by atomic mass is 10.2. The molecule has 0 radical (unpaired) electrons. The third-order valence-electron chi connectivity index (χ3n) is 3.86. The zero-order valence-corrected chi connectivity index (χ0v) is 13.6. The van der Waals surface area contributed by atoms with E-state index < -0.39 is 11.9 Å². The Morgan fingerprint density at radius 2 is 1.88 bits per heavy atom. The topological polar surface area (TPSA) is 75.7 Å². The van der Waals surface area contributed by atoms with Crippen LogP contribution in [0.25, 0.3) is 0 Å². The van der Waals surface area contributed by atoms with Gasteiger partial charge in [-0.25, -0.2) is 4.79 Å². The fourth-order valence-electron chi connectivity index (χ4n) is 2.65. The van der Waals surface area contributed by atoms with Gasteiger partial charge in [-0.05, 0) is 36.8 Å². The van der Waals surface area contributed by atoms with Gasteiger partial charge >= 0.3 is 5.97 Å². The van der Waals surface area contributed by atoms with Crippen LogP contribution in [0.1, 0.15) is 23.2 Å². The number of rotatable bonds is 5. The number of para-hydroxylation sites is 1. The Morgan fingerprint density at radius 1 is 1.08 bits per heavy atom. The molecule has 3 rings (SSSR count). The van der Waals surface area contributed by atoms with Crippen LogP contribution < -0.4 is 10.2 Å². The number of nitrogens with zero attached hydrogens (tertiary/aromatic N) is 1. The smallest absolute Gasteiger partial charge is 0.338 e. The first-order valence-electron chi connectivity index (χ1n) is 8.06. The lowest BCUT2D eigenvalue weighted by Gasteiger charge is -2.16. The minimum atomic E-state index is -0.600. The van der Waals surface area contributed by atoms with Crippen molar-refractivity contribution in [3.8, 4) is 0 Å². The van der Waals surface area contributed by atoms with Gasteiger partial charge in [-0.2, -0.15) is 0 Å². The maximum Gasteiger partial charge on any atom is 0.338 e. The third kappa shape index (κ3) is 4.23. The normalized spacial score (nSPS) is 13.6. The highest BCUT2D eigenvalue weighted by atomic mass is 16.5. The Labute approximate surface area is 145 Å². The summed E-state index contributed by atoms with van der Waals surface area (Å²) in [5, 5.41) is 2.64. The van der Waals surface area contributed by atoms with E-state index in [2.05, 4.69) is 5.32 Å². The minimum absolute atomic E-state index is 0.0488. The summed E-state index contributed by atoms with van der Waals surface area (Å²) in [4.78, 5) is 37.4. The molecule has 128 valence electrons. The number of carbonyl (C=O) groups excluding carboxylic acids is 3. The van der Waals surface area contributed by atoms with E-state index in [1.54, 1.807) is 53.4 Å². The average molecular weight is 338 g/mol. The van der Waals surface area contributed by atoms with Gasteiger partial charge in [0.05, 0.1) is 5.56 Å². The van der Waals surface area contributed by atoms with Gasteiger partial charge in [-0.1, -0.05) is 24.3 Å². The van der Waals surface area contributed by atoms with Crippen molar-refractivity contribution in [1.82, 2.24) is 0 Å². The maximum atomic E-state index is 12.1. The predicted octanol–water partition coefficient (Wildman–Crippen LogP) is 2.61. The summed E-state index contributed by atoms with van der Waals surface area (Å²) < 4.78 is 5.05. The molecule has 1 aliphatic rings. The number of nitrogens with one attached hydrogen (secondary N) is 1. The van der Waals surface area contributed by atoms with Crippen LogP contribution in [0.4, 0.5) is 11.4 Å². The van der Waals surface area contributed by atoms with Crippen LogP contribution in [0.15, 0.2) is 54.6 Å². The molecule has 0 atom stereocenters. The molecule has 0 aliphatic carbocycles. The van der Waals surface area contributed by atoms with Crippen LogP contribution in [0.2, 0.25) is 0 Å². The van der Waals surface area contributed by atoms with Crippen LogP contribution in [0.5, 0.6) is 0 Å². The second-order valence-electron chi connectivity index (χ2n) is 5.69. The van der Waals surface area contributed by atoms with Crippen molar-refractivity contribution in [3.05, 3.63) is 60.2 Å². The lowest BCUT2D eigenvalue weighted by Crippen LogP contribution is -2.24. The van der Waals surface area contributed by atoms with Crippen molar-refractivity contribution in [2.75, 3.05) is 23.4 Å². The zero-order chi connectivity index (χ0) is 17.6. The molecule has 1 fully saturated rings. The SMILES string of the molecule is O=C(COC(=O)c1cccc(N2CCCC2=O)c1)Nc1ccccc1. The number of benzene rings is 2.